The number of methoxy groups -OCH3 is 1. The molecule has 0 amide bonds. The molecule has 0 radical (unpaired) electrons. The van der Waals surface area contributed by atoms with Crippen molar-refractivity contribution in [3.63, 3.8) is 0 Å². The second-order valence-electron chi connectivity index (χ2n) is 4.75. The molecule has 1 aromatic heterocycles. The first-order valence-electron chi connectivity index (χ1n) is 6.20. The van der Waals surface area contributed by atoms with Crippen LogP contribution in [0.5, 0.6) is 0 Å². The Balaban J connectivity index is 2.33. The average Bonchev–Trinajstić information content (AvgIpc) is 2.82. The van der Waals surface area contributed by atoms with E-state index in [-0.39, 0.29) is 12.4 Å². The van der Waals surface area contributed by atoms with E-state index in [1.165, 1.54) is 23.8 Å². The molecule has 0 aliphatic carbocycles. The number of esters is 1. The molecule has 0 fully saturated rings. The standard InChI is InChI=1S/C15H18N2O2/c1-9-5-11(3)12(6-10(9)2)13-8-16-14(17-13)7-15(18)19-4/h5-6,8H,7H2,1-4H3,(H,16,17). The number of H-pyrrole nitrogens is 1. The highest BCUT2D eigenvalue weighted by molar-refractivity contribution is 5.72. The van der Waals surface area contributed by atoms with Gasteiger partial charge >= 0.3 is 5.97 Å². The number of aryl methyl sites for hydroxylation is 3. The Morgan fingerprint density at radius 2 is 1.89 bits per heavy atom. The number of nitrogens with zero attached hydrogens (tertiary/aromatic N) is 1. The smallest absolute Gasteiger partial charge is 0.313 e. The van der Waals surface area contributed by atoms with Gasteiger partial charge in [-0.2, -0.15) is 0 Å². The quantitative estimate of drug-likeness (QED) is 0.861. The highest BCUT2D eigenvalue weighted by Gasteiger charge is 2.10. The number of aromatic nitrogens is 2. The third-order valence-electron chi connectivity index (χ3n) is 3.30. The summed E-state index contributed by atoms with van der Waals surface area (Å²) < 4.78 is 4.63. The van der Waals surface area contributed by atoms with E-state index in [1.807, 2.05) is 0 Å². The summed E-state index contributed by atoms with van der Waals surface area (Å²) in [5.74, 6) is 0.331. The van der Waals surface area contributed by atoms with Crippen LogP contribution in [0.4, 0.5) is 0 Å². The van der Waals surface area contributed by atoms with Crippen molar-refractivity contribution >= 4 is 5.97 Å². The fraction of sp³-hybridized carbons (Fsp3) is 0.333. The van der Waals surface area contributed by atoms with Crippen molar-refractivity contribution in [3.05, 3.63) is 40.8 Å². The summed E-state index contributed by atoms with van der Waals surface area (Å²) in [6.45, 7) is 6.26. The Hall–Kier alpha value is -2.10. The Kier molecular flexibility index (Phi) is 3.69. The SMILES string of the molecule is COC(=O)Cc1ncc(-c2cc(C)c(C)cc2C)[nH]1. The van der Waals surface area contributed by atoms with Gasteiger partial charge in [-0.15, -0.1) is 0 Å². The summed E-state index contributed by atoms with van der Waals surface area (Å²) in [7, 11) is 1.37. The Bertz CT molecular complexity index is 615. The molecule has 0 atom stereocenters. The van der Waals surface area contributed by atoms with Crippen LogP contribution in [0.25, 0.3) is 11.3 Å². The molecule has 0 bridgehead atoms. The number of imidazole rings is 1. The number of nitrogens with one attached hydrogen (secondary N) is 1. The van der Waals surface area contributed by atoms with Gasteiger partial charge in [0.25, 0.3) is 0 Å². The van der Waals surface area contributed by atoms with E-state index in [4.69, 9.17) is 0 Å². The summed E-state index contributed by atoms with van der Waals surface area (Å²) in [4.78, 5) is 18.6. The molecule has 0 aliphatic heterocycles. The van der Waals surface area contributed by atoms with Gasteiger partial charge in [-0.25, -0.2) is 4.98 Å². The first-order chi connectivity index (χ1) is 9.01. The van der Waals surface area contributed by atoms with Crippen LogP contribution in [0.1, 0.15) is 22.5 Å². The number of aromatic amines is 1. The molecule has 0 saturated heterocycles. The van der Waals surface area contributed by atoms with Crippen molar-refractivity contribution in [1.29, 1.82) is 0 Å². The summed E-state index contributed by atoms with van der Waals surface area (Å²) in [5.41, 5.74) is 5.75. The van der Waals surface area contributed by atoms with Crippen LogP contribution in [-0.2, 0) is 16.0 Å². The molecule has 0 unspecified atom stereocenters. The van der Waals surface area contributed by atoms with Crippen molar-refractivity contribution in [2.75, 3.05) is 7.11 Å². The van der Waals surface area contributed by atoms with Gasteiger partial charge in [-0.3, -0.25) is 4.79 Å². The van der Waals surface area contributed by atoms with Crippen LogP contribution < -0.4 is 0 Å². The normalized spacial score (nSPS) is 10.5. The fourth-order valence-electron chi connectivity index (χ4n) is 2.05. The monoisotopic (exact) mass is 258 g/mol. The van der Waals surface area contributed by atoms with E-state index in [0.717, 1.165) is 11.3 Å². The number of rotatable bonds is 3. The van der Waals surface area contributed by atoms with Crippen molar-refractivity contribution in [1.82, 2.24) is 9.97 Å². The highest BCUT2D eigenvalue weighted by Crippen LogP contribution is 2.25. The summed E-state index contributed by atoms with van der Waals surface area (Å²) >= 11 is 0. The predicted octanol–water partition coefficient (Wildman–Crippen LogP) is 2.72. The maximum Gasteiger partial charge on any atom is 0.313 e. The highest BCUT2D eigenvalue weighted by atomic mass is 16.5. The minimum Gasteiger partial charge on any atom is -0.469 e. The maximum atomic E-state index is 11.2. The molecule has 0 aliphatic rings. The zero-order chi connectivity index (χ0) is 14.0. The van der Waals surface area contributed by atoms with Crippen LogP contribution in [0, 0.1) is 20.8 Å². The fourth-order valence-corrected chi connectivity index (χ4v) is 2.05. The second-order valence-corrected chi connectivity index (χ2v) is 4.75. The van der Waals surface area contributed by atoms with Gasteiger partial charge in [-0.1, -0.05) is 6.07 Å². The minimum atomic E-state index is -0.294. The van der Waals surface area contributed by atoms with Crippen molar-refractivity contribution in [2.24, 2.45) is 0 Å². The molecule has 4 heteroatoms. The van der Waals surface area contributed by atoms with E-state index < -0.39 is 0 Å². The third-order valence-corrected chi connectivity index (χ3v) is 3.30. The molecule has 1 N–H and O–H groups in total. The predicted molar refractivity (Wildman–Crippen MR) is 74.0 cm³/mol. The van der Waals surface area contributed by atoms with Gasteiger partial charge in [-0.05, 0) is 43.5 Å². The molecule has 100 valence electrons. The molecular formula is C15H18N2O2. The van der Waals surface area contributed by atoms with E-state index in [2.05, 4.69) is 47.6 Å². The van der Waals surface area contributed by atoms with E-state index in [9.17, 15) is 4.79 Å². The van der Waals surface area contributed by atoms with E-state index in [1.54, 1.807) is 6.20 Å². The number of benzene rings is 1. The number of ether oxygens (including phenoxy) is 1. The number of hydrogen-bond donors (Lipinski definition) is 1. The number of hydrogen-bond acceptors (Lipinski definition) is 3. The third kappa shape index (κ3) is 2.84. The number of carbonyl (C=O) groups excluding carboxylic acids is 1. The van der Waals surface area contributed by atoms with Gasteiger partial charge in [0.15, 0.2) is 0 Å². The zero-order valence-corrected chi connectivity index (χ0v) is 11.7. The first kappa shape index (κ1) is 13.3. The first-order valence-corrected chi connectivity index (χ1v) is 6.20. The van der Waals surface area contributed by atoms with Crippen LogP contribution >= 0.6 is 0 Å². The Morgan fingerprint density at radius 1 is 1.21 bits per heavy atom. The molecule has 1 heterocycles. The van der Waals surface area contributed by atoms with E-state index >= 15 is 0 Å². The van der Waals surface area contributed by atoms with Gasteiger partial charge in [0.1, 0.15) is 12.2 Å². The van der Waals surface area contributed by atoms with Crippen LogP contribution in [0.2, 0.25) is 0 Å². The Labute approximate surface area is 112 Å². The maximum absolute atomic E-state index is 11.2. The molecule has 0 spiro atoms. The molecule has 1 aromatic carbocycles. The van der Waals surface area contributed by atoms with Crippen LogP contribution in [0.3, 0.4) is 0 Å². The lowest BCUT2D eigenvalue weighted by molar-refractivity contribution is -0.139. The summed E-state index contributed by atoms with van der Waals surface area (Å²) in [6, 6.07) is 4.30. The Morgan fingerprint density at radius 3 is 2.58 bits per heavy atom. The molecular weight excluding hydrogens is 240 g/mol. The summed E-state index contributed by atoms with van der Waals surface area (Å²) in [6.07, 6.45) is 1.93. The molecule has 4 nitrogen and oxygen atoms in total. The van der Waals surface area contributed by atoms with Crippen molar-refractivity contribution < 1.29 is 9.53 Å². The van der Waals surface area contributed by atoms with Gasteiger partial charge in [0, 0.05) is 5.56 Å². The molecule has 19 heavy (non-hydrogen) atoms. The molecule has 2 rings (SSSR count). The minimum absolute atomic E-state index is 0.167. The largest absolute Gasteiger partial charge is 0.469 e. The van der Waals surface area contributed by atoms with Crippen LogP contribution in [-0.4, -0.2) is 23.0 Å². The number of carbonyl (C=O) groups is 1. The lowest BCUT2D eigenvalue weighted by Crippen LogP contribution is -2.05. The lowest BCUT2D eigenvalue weighted by atomic mass is 9.99. The van der Waals surface area contributed by atoms with Gasteiger partial charge in [0.05, 0.1) is 19.0 Å². The second kappa shape index (κ2) is 5.26. The van der Waals surface area contributed by atoms with Crippen molar-refractivity contribution in [3.8, 4) is 11.3 Å². The van der Waals surface area contributed by atoms with Crippen LogP contribution in [0.15, 0.2) is 18.3 Å². The summed E-state index contributed by atoms with van der Waals surface area (Å²) in [5, 5.41) is 0. The topological polar surface area (TPSA) is 55.0 Å². The molecule has 2 aromatic rings. The lowest BCUT2D eigenvalue weighted by Gasteiger charge is -2.08. The van der Waals surface area contributed by atoms with Gasteiger partial charge in [0.2, 0.25) is 0 Å². The molecule has 0 saturated carbocycles. The zero-order valence-electron chi connectivity index (χ0n) is 11.7. The van der Waals surface area contributed by atoms with Crippen molar-refractivity contribution in [2.45, 2.75) is 27.2 Å². The van der Waals surface area contributed by atoms with Gasteiger partial charge < -0.3 is 9.72 Å². The van der Waals surface area contributed by atoms with E-state index in [0.29, 0.717) is 5.82 Å². The average molecular weight is 258 g/mol.